The van der Waals surface area contributed by atoms with Gasteiger partial charge in [-0.2, -0.15) is 5.26 Å². The molecule has 4 heteroatoms. The molecule has 0 aromatic heterocycles. The van der Waals surface area contributed by atoms with E-state index in [9.17, 15) is 18.8 Å². The molecule has 0 aliphatic heterocycles. The van der Waals surface area contributed by atoms with Crippen molar-refractivity contribution >= 4 is 5.78 Å². The zero-order valence-electron chi connectivity index (χ0n) is 11.8. The minimum Gasteiger partial charge on any atom is -0.298 e. The van der Waals surface area contributed by atoms with Gasteiger partial charge in [0, 0.05) is 12.0 Å². The van der Waals surface area contributed by atoms with Gasteiger partial charge in [0.1, 0.15) is 17.6 Å². The highest BCUT2D eigenvalue weighted by Gasteiger charge is 2.27. The Morgan fingerprint density at radius 1 is 1.15 bits per heavy atom. The largest absolute Gasteiger partial charge is 0.298 e. The van der Waals surface area contributed by atoms with E-state index in [2.05, 4.69) is 0 Å². The van der Waals surface area contributed by atoms with Crippen LogP contribution in [0.4, 0.5) is 8.78 Å². The van der Waals surface area contributed by atoms with Gasteiger partial charge in [0.05, 0.1) is 6.07 Å². The molecule has 20 heavy (non-hydrogen) atoms. The molecule has 1 rings (SSSR count). The third-order valence-electron chi connectivity index (χ3n) is 3.31. The quantitative estimate of drug-likeness (QED) is 0.744. The highest BCUT2D eigenvalue weighted by atomic mass is 19.1. The van der Waals surface area contributed by atoms with Gasteiger partial charge in [0.15, 0.2) is 5.78 Å². The average Bonchev–Trinajstić information content (AvgIpc) is 2.38. The van der Waals surface area contributed by atoms with Gasteiger partial charge in [-0.1, -0.05) is 26.7 Å². The number of nitrogens with zero attached hydrogens (tertiary/aromatic N) is 1. The van der Waals surface area contributed by atoms with Crippen molar-refractivity contribution < 1.29 is 13.6 Å². The van der Waals surface area contributed by atoms with Gasteiger partial charge in [-0.15, -0.1) is 0 Å². The van der Waals surface area contributed by atoms with Crippen LogP contribution in [-0.4, -0.2) is 5.78 Å². The molecule has 1 atom stereocenters. The fraction of sp³-hybridized carbons (Fsp3) is 0.500. The number of hydrogen-bond acceptors (Lipinski definition) is 2. The number of hydrogen-bond donors (Lipinski definition) is 0. The third kappa shape index (κ3) is 4.12. The first-order valence-electron chi connectivity index (χ1n) is 6.92. The Morgan fingerprint density at radius 3 is 2.05 bits per heavy atom. The average molecular weight is 279 g/mol. The summed E-state index contributed by atoms with van der Waals surface area (Å²) in [6.45, 7) is 3.94. The van der Waals surface area contributed by atoms with E-state index in [0.717, 1.165) is 31.0 Å². The maximum Gasteiger partial charge on any atom is 0.157 e. The first kappa shape index (κ1) is 16.3. The van der Waals surface area contributed by atoms with Crippen LogP contribution in [0.15, 0.2) is 18.2 Å². The van der Waals surface area contributed by atoms with Crippen molar-refractivity contribution in [2.24, 2.45) is 5.92 Å². The van der Waals surface area contributed by atoms with Crippen LogP contribution in [0.3, 0.4) is 0 Å². The van der Waals surface area contributed by atoms with Crippen molar-refractivity contribution in [2.75, 3.05) is 0 Å². The summed E-state index contributed by atoms with van der Waals surface area (Å²) in [4.78, 5) is 12.4. The molecule has 0 saturated carbocycles. The first-order valence-corrected chi connectivity index (χ1v) is 6.92. The van der Waals surface area contributed by atoms with Crippen molar-refractivity contribution in [3.63, 3.8) is 0 Å². The van der Waals surface area contributed by atoms with Gasteiger partial charge >= 0.3 is 0 Å². The number of carbonyl (C=O) groups is 1. The topological polar surface area (TPSA) is 40.9 Å². The van der Waals surface area contributed by atoms with Crippen LogP contribution in [-0.2, 0) is 4.79 Å². The van der Waals surface area contributed by atoms with E-state index < -0.39 is 17.6 Å². The second-order valence-corrected chi connectivity index (χ2v) is 4.94. The standard InChI is InChI=1S/C16H19F2NO/c1-3-5-11(6-4-2)16(20)15(10-19)12-7-13(17)9-14(18)8-12/h7-9,11,15H,3-6H2,1-2H3. The molecule has 0 radical (unpaired) electrons. The number of nitriles is 1. The fourth-order valence-electron chi connectivity index (χ4n) is 2.41. The predicted octanol–water partition coefficient (Wildman–Crippen LogP) is 4.36. The molecule has 0 spiro atoms. The molecule has 0 saturated heterocycles. The minimum atomic E-state index is -1.09. The molecule has 2 nitrogen and oxygen atoms in total. The van der Waals surface area contributed by atoms with E-state index in [1.165, 1.54) is 0 Å². The van der Waals surface area contributed by atoms with Crippen molar-refractivity contribution in [1.82, 2.24) is 0 Å². The number of carbonyl (C=O) groups excluding carboxylic acids is 1. The molecule has 1 aromatic carbocycles. The maximum absolute atomic E-state index is 13.2. The first-order chi connectivity index (χ1) is 9.53. The third-order valence-corrected chi connectivity index (χ3v) is 3.31. The lowest BCUT2D eigenvalue weighted by Gasteiger charge is -2.17. The normalized spacial score (nSPS) is 12.2. The Labute approximate surface area is 118 Å². The summed E-state index contributed by atoms with van der Waals surface area (Å²) in [7, 11) is 0. The fourth-order valence-corrected chi connectivity index (χ4v) is 2.41. The molecule has 108 valence electrons. The maximum atomic E-state index is 13.2. The number of benzene rings is 1. The molecule has 1 aromatic rings. The van der Waals surface area contributed by atoms with Crippen LogP contribution in [0.25, 0.3) is 0 Å². The van der Waals surface area contributed by atoms with E-state index in [-0.39, 0.29) is 17.3 Å². The Kier molecular flexibility index (Phi) is 6.30. The van der Waals surface area contributed by atoms with Gasteiger partial charge in [-0.25, -0.2) is 8.78 Å². The summed E-state index contributed by atoms with van der Waals surface area (Å²) in [5, 5.41) is 9.20. The molecular formula is C16H19F2NO. The van der Waals surface area contributed by atoms with E-state index in [1.807, 2.05) is 19.9 Å². The second kappa shape index (κ2) is 7.74. The van der Waals surface area contributed by atoms with Crippen LogP contribution in [0.1, 0.15) is 51.0 Å². The van der Waals surface area contributed by atoms with Crippen LogP contribution < -0.4 is 0 Å². The highest BCUT2D eigenvalue weighted by Crippen LogP contribution is 2.26. The highest BCUT2D eigenvalue weighted by molar-refractivity contribution is 5.90. The smallest absolute Gasteiger partial charge is 0.157 e. The zero-order valence-corrected chi connectivity index (χ0v) is 11.8. The van der Waals surface area contributed by atoms with Crippen molar-refractivity contribution in [2.45, 2.75) is 45.4 Å². The van der Waals surface area contributed by atoms with Crippen LogP contribution >= 0.6 is 0 Å². The summed E-state index contributed by atoms with van der Waals surface area (Å²) in [6, 6.07) is 4.74. The molecule has 1 unspecified atom stereocenters. The van der Waals surface area contributed by atoms with Crippen molar-refractivity contribution in [3.05, 3.63) is 35.4 Å². The summed E-state index contributed by atoms with van der Waals surface area (Å²) < 4.78 is 26.4. The molecule has 0 N–H and O–H groups in total. The Balaban J connectivity index is 3.05. The molecule has 0 heterocycles. The molecule has 0 aliphatic carbocycles. The van der Waals surface area contributed by atoms with Crippen LogP contribution in [0.5, 0.6) is 0 Å². The minimum absolute atomic E-state index is 0.104. The molecule has 0 fully saturated rings. The lowest BCUT2D eigenvalue weighted by molar-refractivity contribution is -0.123. The molecule has 0 amide bonds. The Morgan fingerprint density at radius 2 is 1.65 bits per heavy atom. The number of rotatable bonds is 7. The molecule has 0 aliphatic rings. The van der Waals surface area contributed by atoms with E-state index in [4.69, 9.17) is 0 Å². The monoisotopic (exact) mass is 279 g/mol. The van der Waals surface area contributed by atoms with Gasteiger partial charge in [0.2, 0.25) is 0 Å². The lowest BCUT2D eigenvalue weighted by atomic mass is 9.84. The number of halogens is 2. The van der Waals surface area contributed by atoms with Gasteiger partial charge in [0.25, 0.3) is 0 Å². The van der Waals surface area contributed by atoms with Crippen LogP contribution in [0.2, 0.25) is 0 Å². The molecular weight excluding hydrogens is 260 g/mol. The zero-order chi connectivity index (χ0) is 15.1. The van der Waals surface area contributed by atoms with Crippen LogP contribution in [0, 0.1) is 28.9 Å². The number of ketones is 1. The lowest BCUT2D eigenvalue weighted by Crippen LogP contribution is -2.21. The van der Waals surface area contributed by atoms with E-state index in [1.54, 1.807) is 0 Å². The summed E-state index contributed by atoms with van der Waals surface area (Å²) >= 11 is 0. The Bertz CT molecular complexity index is 481. The van der Waals surface area contributed by atoms with E-state index in [0.29, 0.717) is 12.8 Å². The van der Waals surface area contributed by atoms with Gasteiger partial charge in [-0.3, -0.25) is 4.79 Å². The van der Waals surface area contributed by atoms with Gasteiger partial charge in [-0.05, 0) is 30.5 Å². The predicted molar refractivity (Wildman–Crippen MR) is 73.0 cm³/mol. The van der Waals surface area contributed by atoms with Gasteiger partial charge < -0.3 is 0 Å². The summed E-state index contributed by atoms with van der Waals surface area (Å²) in [6.07, 6.45) is 3.07. The van der Waals surface area contributed by atoms with Crippen molar-refractivity contribution in [1.29, 1.82) is 5.26 Å². The number of Topliss-reactive ketones (excluding diaryl/α,β-unsaturated/α-hetero) is 1. The molecule has 0 bridgehead atoms. The SMILES string of the molecule is CCCC(CCC)C(=O)C(C#N)c1cc(F)cc(F)c1. The Hall–Kier alpha value is -1.76. The second-order valence-electron chi connectivity index (χ2n) is 4.94. The summed E-state index contributed by atoms with van der Waals surface area (Å²) in [5.74, 6) is -3.09. The van der Waals surface area contributed by atoms with E-state index >= 15 is 0 Å². The van der Waals surface area contributed by atoms with Crippen molar-refractivity contribution in [3.8, 4) is 6.07 Å². The summed E-state index contributed by atoms with van der Waals surface area (Å²) in [5.41, 5.74) is 0.104.